The maximum absolute atomic E-state index is 10.1. The van der Waals surface area contributed by atoms with Crippen LogP contribution in [0.1, 0.15) is 114 Å². The zero-order valence-corrected chi connectivity index (χ0v) is 20.0. The van der Waals surface area contributed by atoms with Crippen molar-refractivity contribution in [3.63, 3.8) is 0 Å². The molecule has 0 unspecified atom stereocenters. The van der Waals surface area contributed by atoms with Crippen LogP contribution in [0.3, 0.4) is 0 Å². The Morgan fingerprint density at radius 2 is 1.03 bits per heavy atom. The highest BCUT2D eigenvalue weighted by atomic mass is 16.4. The van der Waals surface area contributed by atoms with Crippen molar-refractivity contribution in [2.24, 2.45) is 5.16 Å². The summed E-state index contributed by atoms with van der Waals surface area (Å²) >= 11 is 0. The molecule has 29 heavy (non-hydrogen) atoms. The quantitative estimate of drug-likeness (QED) is 0.321. The van der Waals surface area contributed by atoms with Gasteiger partial charge in [-0.2, -0.15) is 0 Å². The van der Waals surface area contributed by atoms with E-state index in [1.165, 1.54) is 22.3 Å². The predicted octanol–water partition coefficient (Wildman–Crippen LogP) is 7.76. The Bertz CT molecular complexity index is 818. The maximum atomic E-state index is 10.1. The summed E-state index contributed by atoms with van der Waals surface area (Å²) < 4.78 is 0. The van der Waals surface area contributed by atoms with E-state index in [9.17, 15) is 5.21 Å². The lowest BCUT2D eigenvalue weighted by Crippen LogP contribution is -2.17. The molecule has 0 atom stereocenters. The molecule has 1 N–H and O–H groups in total. The van der Waals surface area contributed by atoms with Crippen LogP contribution in [0.4, 0.5) is 0 Å². The van der Waals surface area contributed by atoms with E-state index in [1.807, 2.05) is 0 Å². The summed E-state index contributed by atoms with van der Waals surface area (Å²) in [5.74, 6) is 0.667. The van der Waals surface area contributed by atoms with Crippen molar-refractivity contribution in [3.05, 3.63) is 69.8 Å². The van der Waals surface area contributed by atoms with Crippen molar-refractivity contribution in [1.29, 1.82) is 0 Å². The third-order valence-corrected chi connectivity index (χ3v) is 5.69. The molecule has 0 bridgehead atoms. The first-order valence-electron chi connectivity index (χ1n) is 10.8. The van der Waals surface area contributed by atoms with E-state index in [-0.39, 0.29) is 10.8 Å². The molecule has 0 aliphatic heterocycles. The van der Waals surface area contributed by atoms with E-state index in [0.717, 1.165) is 11.1 Å². The molecule has 2 rings (SSSR count). The van der Waals surface area contributed by atoms with Crippen LogP contribution >= 0.6 is 0 Å². The van der Waals surface area contributed by atoms with E-state index < -0.39 is 0 Å². The van der Waals surface area contributed by atoms with Gasteiger partial charge in [0.25, 0.3) is 0 Å². The van der Waals surface area contributed by atoms with Crippen LogP contribution in [0.15, 0.2) is 41.6 Å². The second kappa shape index (κ2) is 8.34. The summed E-state index contributed by atoms with van der Waals surface area (Å²) in [7, 11) is 0. The molecule has 158 valence electrons. The first-order chi connectivity index (χ1) is 13.3. The fourth-order valence-corrected chi connectivity index (χ4v) is 3.70. The van der Waals surface area contributed by atoms with Crippen LogP contribution in [0.5, 0.6) is 0 Å². The van der Waals surface area contributed by atoms with Gasteiger partial charge in [-0.3, -0.25) is 0 Å². The number of rotatable bonds is 4. The van der Waals surface area contributed by atoms with Gasteiger partial charge in [-0.1, -0.05) is 111 Å². The molecule has 0 saturated carbocycles. The zero-order chi connectivity index (χ0) is 22.1. The molecule has 0 spiro atoms. The van der Waals surface area contributed by atoms with Crippen molar-refractivity contribution in [2.45, 2.75) is 91.9 Å². The maximum Gasteiger partial charge on any atom is 0.117 e. The average Bonchev–Trinajstić information content (AvgIpc) is 2.60. The van der Waals surface area contributed by atoms with Crippen LogP contribution in [0.25, 0.3) is 0 Å². The summed E-state index contributed by atoms with van der Waals surface area (Å²) in [6.45, 7) is 22.2. The number of nitrogens with zero attached hydrogens (tertiary/aromatic N) is 1. The fraction of sp³-hybridized carbons (Fsp3) is 0.519. The van der Waals surface area contributed by atoms with Crippen molar-refractivity contribution in [3.8, 4) is 0 Å². The van der Waals surface area contributed by atoms with E-state index in [4.69, 9.17) is 0 Å². The lowest BCUT2D eigenvalue weighted by Gasteiger charge is -2.25. The van der Waals surface area contributed by atoms with Gasteiger partial charge in [-0.05, 0) is 44.9 Å². The predicted molar refractivity (Wildman–Crippen MR) is 126 cm³/mol. The smallest absolute Gasteiger partial charge is 0.117 e. The molecule has 0 fully saturated rings. The SMILES string of the molecule is CC(C)c1cc(C(C)(C)C)ccc1C(=NO)c1ccc(C(C)(C)C)cc1C(C)C. The lowest BCUT2D eigenvalue weighted by molar-refractivity contribution is 0.319. The van der Waals surface area contributed by atoms with Gasteiger partial charge in [0.2, 0.25) is 0 Å². The molecular weight excluding hydrogens is 354 g/mol. The molecule has 0 heterocycles. The van der Waals surface area contributed by atoms with E-state index in [0.29, 0.717) is 17.5 Å². The highest BCUT2D eigenvalue weighted by molar-refractivity contribution is 6.14. The van der Waals surface area contributed by atoms with Crippen molar-refractivity contribution in [2.75, 3.05) is 0 Å². The summed E-state index contributed by atoms with van der Waals surface area (Å²) in [6.07, 6.45) is 0. The molecule has 0 amide bonds. The average molecular weight is 394 g/mol. The Morgan fingerprint density at radius 3 is 1.28 bits per heavy atom. The molecule has 2 aromatic rings. The molecule has 0 radical (unpaired) electrons. The van der Waals surface area contributed by atoms with Gasteiger partial charge in [-0.15, -0.1) is 0 Å². The number of benzene rings is 2. The van der Waals surface area contributed by atoms with E-state index in [2.05, 4.69) is 111 Å². The first-order valence-corrected chi connectivity index (χ1v) is 10.8. The highest BCUT2D eigenvalue weighted by Crippen LogP contribution is 2.33. The van der Waals surface area contributed by atoms with Gasteiger partial charge in [-0.25, -0.2) is 0 Å². The second-order valence-corrected chi connectivity index (χ2v) is 10.9. The van der Waals surface area contributed by atoms with Gasteiger partial charge < -0.3 is 5.21 Å². The van der Waals surface area contributed by atoms with Gasteiger partial charge in [0.05, 0.1) is 0 Å². The molecule has 2 nitrogen and oxygen atoms in total. The Labute approximate surface area is 178 Å². The molecule has 0 saturated heterocycles. The third kappa shape index (κ3) is 5.10. The summed E-state index contributed by atoms with van der Waals surface area (Å²) in [5, 5.41) is 13.9. The number of hydrogen-bond acceptors (Lipinski definition) is 2. The van der Waals surface area contributed by atoms with E-state index >= 15 is 0 Å². The summed E-state index contributed by atoms with van der Waals surface area (Å²) in [5.41, 5.74) is 7.90. The molecule has 2 aromatic carbocycles. The molecule has 2 heteroatoms. The Kier molecular flexibility index (Phi) is 6.67. The van der Waals surface area contributed by atoms with Crippen molar-refractivity contribution in [1.82, 2.24) is 0 Å². The molecule has 0 aliphatic rings. The van der Waals surface area contributed by atoms with Crippen LogP contribution in [-0.4, -0.2) is 10.9 Å². The number of hydrogen-bond donors (Lipinski definition) is 1. The van der Waals surface area contributed by atoms with Crippen LogP contribution in [0.2, 0.25) is 0 Å². The Morgan fingerprint density at radius 1 is 0.690 bits per heavy atom. The minimum Gasteiger partial charge on any atom is -0.410 e. The molecular formula is C27H39NO. The monoisotopic (exact) mass is 393 g/mol. The van der Waals surface area contributed by atoms with Crippen LogP contribution < -0.4 is 0 Å². The van der Waals surface area contributed by atoms with Crippen LogP contribution in [0, 0.1) is 0 Å². The molecule has 0 aliphatic carbocycles. The zero-order valence-electron chi connectivity index (χ0n) is 20.0. The standard InChI is InChI=1S/C27H39NO/c1-17(2)23-15-19(26(5,6)7)11-13-21(23)25(28-29)22-14-12-20(27(8,9)10)16-24(22)18(3)4/h11-18,29H,1-10H3. The van der Waals surface area contributed by atoms with E-state index in [1.54, 1.807) is 0 Å². The Balaban J connectivity index is 2.72. The van der Waals surface area contributed by atoms with Gasteiger partial charge >= 0.3 is 0 Å². The van der Waals surface area contributed by atoms with Gasteiger partial charge in [0.15, 0.2) is 0 Å². The fourth-order valence-electron chi connectivity index (χ4n) is 3.70. The molecule has 0 aromatic heterocycles. The second-order valence-electron chi connectivity index (χ2n) is 10.9. The van der Waals surface area contributed by atoms with Crippen molar-refractivity contribution < 1.29 is 5.21 Å². The first kappa shape index (κ1) is 23.2. The summed E-state index contributed by atoms with van der Waals surface area (Å²) in [4.78, 5) is 0. The minimum atomic E-state index is 0.0795. The highest BCUT2D eigenvalue weighted by Gasteiger charge is 2.23. The number of oxime groups is 1. The minimum absolute atomic E-state index is 0.0795. The van der Waals surface area contributed by atoms with Crippen LogP contribution in [-0.2, 0) is 10.8 Å². The van der Waals surface area contributed by atoms with Crippen molar-refractivity contribution >= 4 is 5.71 Å². The largest absolute Gasteiger partial charge is 0.410 e. The third-order valence-electron chi connectivity index (χ3n) is 5.69. The Hall–Kier alpha value is -2.09. The topological polar surface area (TPSA) is 32.6 Å². The van der Waals surface area contributed by atoms with Gasteiger partial charge in [0, 0.05) is 11.1 Å². The normalized spacial score (nSPS) is 12.6. The van der Waals surface area contributed by atoms with Gasteiger partial charge in [0.1, 0.15) is 5.71 Å². The summed E-state index contributed by atoms with van der Waals surface area (Å²) in [6, 6.07) is 13.2. The lowest BCUT2D eigenvalue weighted by atomic mass is 9.79.